The lowest BCUT2D eigenvalue weighted by Crippen LogP contribution is -2.55. The van der Waals surface area contributed by atoms with Gasteiger partial charge in [0.25, 0.3) is 0 Å². The van der Waals surface area contributed by atoms with Gasteiger partial charge in [-0.15, -0.1) is 0 Å². The molecule has 0 atom stereocenters. The number of carbonyl (C=O) groups is 2. The Labute approximate surface area is 190 Å². The Morgan fingerprint density at radius 3 is 2.28 bits per heavy atom. The Hall–Kier alpha value is -3.02. The summed E-state index contributed by atoms with van der Waals surface area (Å²) in [5.74, 6) is 1.45. The van der Waals surface area contributed by atoms with E-state index in [-0.39, 0.29) is 18.0 Å². The number of nitrogens with zero attached hydrogens (tertiary/aromatic N) is 2. The maximum atomic E-state index is 12.8. The summed E-state index contributed by atoms with van der Waals surface area (Å²) in [7, 11) is 1.63. The van der Waals surface area contributed by atoms with E-state index in [0.717, 1.165) is 37.0 Å². The van der Waals surface area contributed by atoms with Crippen molar-refractivity contribution in [3.8, 4) is 5.75 Å². The van der Waals surface area contributed by atoms with Gasteiger partial charge in [0.05, 0.1) is 13.5 Å². The van der Waals surface area contributed by atoms with Crippen molar-refractivity contribution in [3.05, 3.63) is 65.7 Å². The van der Waals surface area contributed by atoms with Gasteiger partial charge in [-0.1, -0.05) is 42.5 Å². The predicted octanol–water partition coefficient (Wildman–Crippen LogP) is 3.82. The average molecular weight is 436 g/mol. The Morgan fingerprint density at radius 2 is 1.59 bits per heavy atom. The zero-order valence-electron chi connectivity index (χ0n) is 18.8. The topological polar surface area (TPSA) is 61.9 Å². The number of amides is 3. The Balaban J connectivity index is 1.19. The number of methoxy groups -OCH3 is 1. The van der Waals surface area contributed by atoms with Crippen LogP contribution in [0.3, 0.4) is 0 Å². The molecule has 0 aromatic heterocycles. The molecule has 6 nitrogen and oxygen atoms in total. The lowest BCUT2D eigenvalue weighted by atomic mass is 9.82. The van der Waals surface area contributed by atoms with Crippen LogP contribution in [0, 0.1) is 0 Å². The number of hydrogen-bond donors (Lipinski definition) is 1. The second-order valence-corrected chi connectivity index (χ2v) is 8.80. The molecule has 0 radical (unpaired) electrons. The van der Waals surface area contributed by atoms with Gasteiger partial charge in [0, 0.05) is 32.2 Å². The van der Waals surface area contributed by atoms with Crippen molar-refractivity contribution in [2.75, 3.05) is 33.3 Å². The van der Waals surface area contributed by atoms with Gasteiger partial charge in [-0.05, 0) is 54.9 Å². The van der Waals surface area contributed by atoms with Crippen molar-refractivity contribution in [1.82, 2.24) is 15.1 Å². The quantitative estimate of drug-likeness (QED) is 0.777. The van der Waals surface area contributed by atoms with Crippen LogP contribution in [0.1, 0.15) is 42.7 Å². The summed E-state index contributed by atoms with van der Waals surface area (Å²) < 4.78 is 5.24. The van der Waals surface area contributed by atoms with Crippen molar-refractivity contribution < 1.29 is 14.3 Å². The fourth-order valence-corrected chi connectivity index (χ4v) is 4.79. The molecular weight excluding hydrogens is 402 g/mol. The molecule has 0 unspecified atom stereocenters. The van der Waals surface area contributed by atoms with Crippen molar-refractivity contribution >= 4 is 11.9 Å². The Kier molecular flexibility index (Phi) is 7.30. The molecule has 32 heavy (non-hydrogen) atoms. The van der Waals surface area contributed by atoms with Crippen molar-refractivity contribution in [3.63, 3.8) is 0 Å². The highest BCUT2D eigenvalue weighted by Crippen LogP contribution is 2.32. The molecule has 4 rings (SSSR count). The minimum absolute atomic E-state index is 0.00746. The molecule has 1 saturated heterocycles. The summed E-state index contributed by atoms with van der Waals surface area (Å²) in [6.07, 6.45) is 4.62. The molecule has 2 aromatic carbocycles. The smallest absolute Gasteiger partial charge is 0.317 e. The maximum Gasteiger partial charge on any atom is 0.317 e. The summed E-state index contributed by atoms with van der Waals surface area (Å²) >= 11 is 0. The highest BCUT2D eigenvalue weighted by atomic mass is 16.5. The Morgan fingerprint density at radius 1 is 0.906 bits per heavy atom. The average Bonchev–Trinajstić information content (AvgIpc) is 2.85. The fourth-order valence-electron chi connectivity index (χ4n) is 4.79. The number of hydrogen-bond acceptors (Lipinski definition) is 3. The largest absolute Gasteiger partial charge is 0.497 e. The summed E-state index contributed by atoms with van der Waals surface area (Å²) in [5.41, 5.74) is 2.35. The SMILES string of the molecule is COc1cccc(CC(=O)N2CCN(C(=O)NC3CCC(c4ccccc4)CC3)CC2)c1. The van der Waals surface area contributed by atoms with Crippen LogP contribution in [0.5, 0.6) is 5.75 Å². The van der Waals surface area contributed by atoms with Crippen LogP contribution in [-0.2, 0) is 11.2 Å². The first kappa shape index (κ1) is 22.2. The lowest BCUT2D eigenvalue weighted by molar-refractivity contribution is -0.131. The third-order valence-electron chi connectivity index (χ3n) is 6.73. The predicted molar refractivity (Wildman–Crippen MR) is 125 cm³/mol. The molecule has 1 N–H and O–H groups in total. The number of ether oxygens (including phenoxy) is 1. The van der Waals surface area contributed by atoms with E-state index in [1.807, 2.05) is 34.1 Å². The third kappa shape index (κ3) is 5.61. The molecule has 0 bridgehead atoms. The zero-order chi connectivity index (χ0) is 22.3. The standard InChI is InChI=1S/C26H33N3O3/c1-32-24-9-5-6-20(18-24)19-25(30)28-14-16-29(17-15-28)26(31)27-23-12-10-22(11-13-23)21-7-3-2-4-8-21/h2-9,18,22-23H,10-17,19H2,1H3,(H,27,31). The minimum Gasteiger partial charge on any atom is -0.497 e. The molecule has 2 fully saturated rings. The first-order valence-corrected chi connectivity index (χ1v) is 11.6. The molecule has 2 aliphatic rings. The second-order valence-electron chi connectivity index (χ2n) is 8.80. The molecule has 170 valence electrons. The van der Waals surface area contributed by atoms with E-state index in [1.165, 1.54) is 5.56 Å². The normalized spacial score (nSPS) is 21.2. The first-order valence-electron chi connectivity index (χ1n) is 11.6. The summed E-state index contributed by atoms with van der Waals surface area (Å²) in [4.78, 5) is 29.1. The lowest BCUT2D eigenvalue weighted by Gasteiger charge is -2.36. The maximum absolute atomic E-state index is 12.8. The first-order chi connectivity index (χ1) is 15.6. The number of piperazine rings is 1. The van der Waals surface area contributed by atoms with Crippen molar-refractivity contribution in [2.45, 2.75) is 44.1 Å². The molecule has 1 saturated carbocycles. The summed E-state index contributed by atoms with van der Waals surface area (Å²) in [5, 5.41) is 3.23. The number of rotatable bonds is 5. The molecule has 1 aliphatic carbocycles. The molecule has 0 spiro atoms. The van der Waals surface area contributed by atoms with Crippen LogP contribution < -0.4 is 10.1 Å². The number of nitrogens with one attached hydrogen (secondary N) is 1. The monoisotopic (exact) mass is 435 g/mol. The van der Waals surface area contributed by atoms with E-state index in [2.05, 4.69) is 35.6 Å². The number of benzene rings is 2. The van der Waals surface area contributed by atoms with E-state index in [4.69, 9.17) is 4.74 Å². The van der Waals surface area contributed by atoms with E-state index >= 15 is 0 Å². The van der Waals surface area contributed by atoms with Crippen LogP contribution in [0.25, 0.3) is 0 Å². The zero-order valence-corrected chi connectivity index (χ0v) is 18.8. The van der Waals surface area contributed by atoms with Crippen LogP contribution in [0.4, 0.5) is 4.79 Å². The van der Waals surface area contributed by atoms with E-state index < -0.39 is 0 Å². The van der Waals surface area contributed by atoms with Crippen LogP contribution in [0.2, 0.25) is 0 Å². The van der Waals surface area contributed by atoms with E-state index in [0.29, 0.717) is 38.5 Å². The Bertz CT molecular complexity index is 902. The van der Waals surface area contributed by atoms with Crippen molar-refractivity contribution in [2.24, 2.45) is 0 Å². The highest BCUT2D eigenvalue weighted by Gasteiger charge is 2.28. The van der Waals surface area contributed by atoms with Gasteiger partial charge in [-0.25, -0.2) is 4.79 Å². The molecule has 6 heteroatoms. The van der Waals surface area contributed by atoms with Crippen LogP contribution >= 0.6 is 0 Å². The van der Waals surface area contributed by atoms with Crippen LogP contribution in [0.15, 0.2) is 54.6 Å². The third-order valence-corrected chi connectivity index (χ3v) is 6.73. The van der Waals surface area contributed by atoms with Gasteiger partial charge in [0.1, 0.15) is 5.75 Å². The van der Waals surface area contributed by atoms with Gasteiger partial charge in [-0.3, -0.25) is 4.79 Å². The van der Waals surface area contributed by atoms with Crippen LogP contribution in [-0.4, -0.2) is 61.1 Å². The van der Waals surface area contributed by atoms with Gasteiger partial charge in [0.2, 0.25) is 5.91 Å². The molecule has 1 aliphatic heterocycles. The van der Waals surface area contributed by atoms with Gasteiger partial charge in [0.15, 0.2) is 0 Å². The molecule has 1 heterocycles. The molecular formula is C26H33N3O3. The molecule has 3 amide bonds. The number of urea groups is 1. The van der Waals surface area contributed by atoms with Gasteiger partial charge < -0.3 is 19.9 Å². The summed E-state index contributed by atoms with van der Waals surface area (Å²) in [6, 6.07) is 18.5. The van der Waals surface area contributed by atoms with E-state index in [9.17, 15) is 9.59 Å². The number of carbonyl (C=O) groups excluding carboxylic acids is 2. The summed E-state index contributed by atoms with van der Waals surface area (Å²) in [6.45, 7) is 2.32. The fraction of sp³-hybridized carbons (Fsp3) is 0.462. The molecule has 2 aromatic rings. The van der Waals surface area contributed by atoms with Gasteiger partial charge >= 0.3 is 6.03 Å². The highest BCUT2D eigenvalue weighted by molar-refractivity contribution is 5.80. The minimum atomic E-state index is 0.00746. The van der Waals surface area contributed by atoms with Crippen molar-refractivity contribution in [1.29, 1.82) is 0 Å². The van der Waals surface area contributed by atoms with Gasteiger partial charge in [-0.2, -0.15) is 0 Å². The second kappa shape index (κ2) is 10.5. The van der Waals surface area contributed by atoms with E-state index in [1.54, 1.807) is 7.11 Å².